The molecule has 1 aromatic rings. The summed E-state index contributed by atoms with van der Waals surface area (Å²) in [4.78, 5) is 33.5. The van der Waals surface area contributed by atoms with Gasteiger partial charge in [0.1, 0.15) is 11.1 Å². The van der Waals surface area contributed by atoms with Gasteiger partial charge in [-0.1, -0.05) is 18.2 Å². The second-order valence-electron chi connectivity index (χ2n) is 3.48. The molecule has 0 aliphatic rings. The second kappa shape index (κ2) is 6.16. The summed E-state index contributed by atoms with van der Waals surface area (Å²) >= 11 is 5.86. The summed E-state index contributed by atoms with van der Waals surface area (Å²) in [6.45, 7) is 3.24. The van der Waals surface area contributed by atoms with E-state index in [1.807, 2.05) is 0 Å². The molecule has 0 aliphatic carbocycles. The van der Waals surface area contributed by atoms with Gasteiger partial charge in [-0.2, -0.15) is 0 Å². The number of carbonyl (C=O) groups is 2. The number of esters is 1. The zero-order chi connectivity index (χ0) is 15.4. The molecule has 0 fully saturated rings. The van der Waals surface area contributed by atoms with Gasteiger partial charge in [0.2, 0.25) is 0 Å². The number of ketones is 1. The number of hydrogen-bond acceptors (Lipinski definition) is 6. The van der Waals surface area contributed by atoms with Crippen molar-refractivity contribution in [1.29, 1.82) is 0 Å². The molecule has 20 heavy (non-hydrogen) atoms. The summed E-state index contributed by atoms with van der Waals surface area (Å²) < 4.78 is 9.40. The lowest BCUT2D eigenvalue weighted by Gasteiger charge is -2.11. The number of rotatable bonds is 5. The molecule has 0 aromatic heterocycles. The summed E-state index contributed by atoms with van der Waals surface area (Å²) in [7, 11) is 2.30. The third kappa shape index (κ3) is 2.62. The third-order valence-electron chi connectivity index (χ3n) is 2.44. The van der Waals surface area contributed by atoms with Crippen molar-refractivity contribution in [2.24, 2.45) is 0 Å². The van der Waals surface area contributed by atoms with Crippen LogP contribution in [0.15, 0.2) is 18.7 Å². The number of nitro groups is 1. The molecule has 0 N–H and O–H groups in total. The van der Waals surface area contributed by atoms with Crippen LogP contribution in [-0.2, 0) is 4.74 Å². The van der Waals surface area contributed by atoms with Crippen LogP contribution in [0.5, 0.6) is 5.75 Å². The van der Waals surface area contributed by atoms with Gasteiger partial charge in [0.15, 0.2) is 16.6 Å². The highest BCUT2D eigenvalue weighted by atomic mass is 35.5. The van der Waals surface area contributed by atoms with Gasteiger partial charge < -0.3 is 9.47 Å². The molecule has 0 amide bonds. The standard InChI is InChI=1S/C12H10ClNO6/c1-4-8(15)6-5-7(12(16)20-3)11(19-2)9(13)10(6)14(17)18/h4-5H,1H2,2-3H3. The van der Waals surface area contributed by atoms with Crippen LogP contribution in [0.2, 0.25) is 5.02 Å². The maximum atomic E-state index is 11.7. The quantitative estimate of drug-likeness (QED) is 0.272. The summed E-state index contributed by atoms with van der Waals surface area (Å²) in [6.07, 6.45) is 0.881. The zero-order valence-corrected chi connectivity index (χ0v) is 11.4. The van der Waals surface area contributed by atoms with E-state index in [2.05, 4.69) is 11.3 Å². The average Bonchev–Trinajstić information content (AvgIpc) is 2.43. The number of nitro benzene ring substituents is 1. The predicted molar refractivity (Wildman–Crippen MR) is 70.5 cm³/mol. The monoisotopic (exact) mass is 299 g/mol. The van der Waals surface area contributed by atoms with E-state index in [4.69, 9.17) is 16.3 Å². The number of allylic oxidation sites excluding steroid dienone is 1. The Morgan fingerprint density at radius 1 is 1.40 bits per heavy atom. The number of halogens is 1. The minimum absolute atomic E-state index is 0.184. The van der Waals surface area contributed by atoms with Crippen molar-refractivity contribution in [3.63, 3.8) is 0 Å². The molecular formula is C12H10ClNO6. The zero-order valence-electron chi connectivity index (χ0n) is 10.6. The Hall–Kier alpha value is -2.41. The lowest BCUT2D eigenvalue weighted by atomic mass is 10.0. The van der Waals surface area contributed by atoms with Gasteiger partial charge in [0.05, 0.1) is 19.1 Å². The van der Waals surface area contributed by atoms with E-state index >= 15 is 0 Å². The number of hydrogen-bond donors (Lipinski definition) is 0. The molecule has 0 saturated carbocycles. The Bertz CT molecular complexity index is 610. The smallest absolute Gasteiger partial charge is 0.341 e. The Labute approximate surface area is 118 Å². The highest BCUT2D eigenvalue weighted by Gasteiger charge is 2.31. The molecule has 106 valence electrons. The molecule has 8 heteroatoms. The molecule has 0 heterocycles. The van der Waals surface area contributed by atoms with Crippen LogP contribution in [0, 0.1) is 10.1 Å². The van der Waals surface area contributed by atoms with E-state index in [0.717, 1.165) is 19.3 Å². The Morgan fingerprint density at radius 3 is 2.40 bits per heavy atom. The first-order valence-electron chi connectivity index (χ1n) is 5.19. The van der Waals surface area contributed by atoms with Crippen LogP contribution >= 0.6 is 11.6 Å². The molecular weight excluding hydrogens is 290 g/mol. The van der Waals surface area contributed by atoms with Crippen LogP contribution in [0.4, 0.5) is 5.69 Å². The number of benzene rings is 1. The predicted octanol–water partition coefficient (Wildman–Crippen LogP) is 2.41. The fourth-order valence-electron chi connectivity index (χ4n) is 1.56. The average molecular weight is 300 g/mol. The van der Waals surface area contributed by atoms with Gasteiger partial charge in [0.25, 0.3) is 0 Å². The van der Waals surface area contributed by atoms with Crippen molar-refractivity contribution in [2.45, 2.75) is 0 Å². The molecule has 0 spiro atoms. The second-order valence-corrected chi connectivity index (χ2v) is 3.86. The van der Waals surface area contributed by atoms with Crippen molar-refractivity contribution in [3.05, 3.63) is 45.0 Å². The molecule has 0 bridgehead atoms. The molecule has 0 saturated heterocycles. The van der Waals surface area contributed by atoms with Crippen LogP contribution in [-0.4, -0.2) is 30.9 Å². The summed E-state index contributed by atoms with van der Waals surface area (Å²) in [5.41, 5.74) is -1.20. The highest BCUT2D eigenvalue weighted by molar-refractivity contribution is 6.36. The molecule has 0 radical (unpaired) electrons. The molecule has 1 rings (SSSR count). The number of methoxy groups -OCH3 is 2. The van der Waals surface area contributed by atoms with Crippen LogP contribution in [0.25, 0.3) is 0 Å². The maximum Gasteiger partial charge on any atom is 0.341 e. The fourth-order valence-corrected chi connectivity index (χ4v) is 1.91. The number of nitrogens with zero attached hydrogens (tertiary/aromatic N) is 1. The van der Waals surface area contributed by atoms with Crippen molar-refractivity contribution in [2.75, 3.05) is 14.2 Å². The molecule has 7 nitrogen and oxygen atoms in total. The van der Waals surface area contributed by atoms with Gasteiger partial charge >= 0.3 is 11.7 Å². The van der Waals surface area contributed by atoms with Gasteiger partial charge in [-0.25, -0.2) is 4.79 Å². The number of carbonyl (C=O) groups excluding carboxylic acids is 2. The van der Waals surface area contributed by atoms with Crippen molar-refractivity contribution >= 4 is 29.0 Å². The summed E-state index contributed by atoms with van der Waals surface area (Å²) in [6, 6.07) is 0.999. The first-order chi connectivity index (χ1) is 9.38. The fraction of sp³-hybridized carbons (Fsp3) is 0.167. The van der Waals surface area contributed by atoms with Crippen LogP contribution < -0.4 is 4.74 Å². The van der Waals surface area contributed by atoms with E-state index < -0.39 is 27.4 Å². The van der Waals surface area contributed by atoms with Gasteiger partial charge in [-0.15, -0.1) is 0 Å². The maximum absolute atomic E-state index is 11.7. The SMILES string of the molecule is C=CC(=O)c1cc(C(=O)OC)c(OC)c(Cl)c1[N+](=O)[O-]. The normalized spacial score (nSPS) is 9.75. The lowest BCUT2D eigenvalue weighted by Crippen LogP contribution is -2.10. The van der Waals surface area contributed by atoms with Crippen LogP contribution in [0.3, 0.4) is 0 Å². The Kier molecular flexibility index (Phi) is 4.82. The Morgan fingerprint density at radius 2 is 2.00 bits per heavy atom. The van der Waals surface area contributed by atoms with Crippen molar-refractivity contribution in [3.8, 4) is 5.75 Å². The minimum Gasteiger partial charge on any atom is -0.494 e. The van der Waals surface area contributed by atoms with Crippen molar-refractivity contribution in [1.82, 2.24) is 0 Å². The van der Waals surface area contributed by atoms with E-state index in [-0.39, 0.29) is 16.9 Å². The third-order valence-corrected chi connectivity index (χ3v) is 2.79. The topological polar surface area (TPSA) is 95.7 Å². The van der Waals surface area contributed by atoms with Gasteiger partial charge in [0, 0.05) is 0 Å². The van der Waals surface area contributed by atoms with Gasteiger partial charge in [-0.3, -0.25) is 14.9 Å². The summed E-state index contributed by atoms with van der Waals surface area (Å²) in [5.74, 6) is -1.81. The molecule has 0 atom stereocenters. The van der Waals surface area contributed by atoms with Gasteiger partial charge in [-0.05, 0) is 12.1 Å². The summed E-state index contributed by atoms with van der Waals surface area (Å²) in [5, 5.41) is 10.6. The first-order valence-corrected chi connectivity index (χ1v) is 5.56. The highest BCUT2D eigenvalue weighted by Crippen LogP contribution is 2.40. The van der Waals surface area contributed by atoms with Crippen molar-refractivity contribution < 1.29 is 24.0 Å². The molecule has 0 aliphatic heterocycles. The van der Waals surface area contributed by atoms with E-state index in [0.29, 0.717) is 0 Å². The molecule has 0 unspecified atom stereocenters. The number of ether oxygens (including phenoxy) is 2. The van der Waals surface area contributed by atoms with E-state index in [1.165, 1.54) is 7.11 Å². The molecule has 1 aromatic carbocycles. The Balaban J connectivity index is 3.79. The first kappa shape index (κ1) is 15.6. The van der Waals surface area contributed by atoms with E-state index in [1.54, 1.807) is 0 Å². The van der Waals surface area contributed by atoms with Crippen LogP contribution in [0.1, 0.15) is 20.7 Å². The largest absolute Gasteiger partial charge is 0.494 e. The lowest BCUT2D eigenvalue weighted by molar-refractivity contribution is -0.385. The minimum atomic E-state index is -0.836. The van der Waals surface area contributed by atoms with E-state index in [9.17, 15) is 19.7 Å².